The molecule has 0 saturated heterocycles. The Labute approximate surface area is 126 Å². The van der Waals surface area contributed by atoms with Gasteiger partial charge in [0, 0.05) is 29.9 Å². The van der Waals surface area contributed by atoms with Crippen molar-refractivity contribution in [2.24, 2.45) is 0 Å². The Morgan fingerprint density at radius 2 is 2.00 bits per heavy atom. The van der Waals surface area contributed by atoms with E-state index in [1.807, 2.05) is 41.0 Å². The molecule has 0 fully saturated rings. The third-order valence-corrected chi connectivity index (χ3v) is 4.04. The van der Waals surface area contributed by atoms with Crippen LogP contribution in [0.3, 0.4) is 0 Å². The van der Waals surface area contributed by atoms with E-state index in [0.717, 1.165) is 28.7 Å². The minimum atomic E-state index is -0.0517. The van der Waals surface area contributed by atoms with Crippen molar-refractivity contribution in [1.82, 2.24) is 14.9 Å². The lowest BCUT2D eigenvalue weighted by atomic mass is 10.0. The van der Waals surface area contributed by atoms with Crippen molar-refractivity contribution >= 4 is 28.5 Å². The summed E-state index contributed by atoms with van der Waals surface area (Å²) in [6.45, 7) is 1.40. The maximum atomic E-state index is 12.3. The summed E-state index contributed by atoms with van der Waals surface area (Å²) >= 11 is 5.96. The molecule has 0 spiro atoms. The van der Waals surface area contributed by atoms with Crippen molar-refractivity contribution in [2.75, 3.05) is 6.54 Å². The van der Waals surface area contributed by atoms with Crippen LogP contribution in [-0.2, 0) is 6.54 Å². The highest BCUT2D eigenvalue weighted by Gasteiger charge is 2.26. The van der Waals surface area contributed by atoms with E-state index < -0.39 is 0 Å². The molecule has 1 aliphatic rings. The van der Waals surface area contributed by atoms with Gasteiger partial charge in [0.05, 0.1) is 11.0 Å². The molecular formula is C16H12ClN3O. The van der Waals surface area contributed by atoms with Gasteiger partial charge in [-0.15, -0.1) is 0 Å². The monoisotopic (exact) mass is 297 g/mol. The number of rotatable bonds is 1. The molecule has 3 aromatic rings. The maximum Gasteiger partial charge on any atom is 0.268 e. The lowest BCUT2D eigenvalue weighted by molar-refractivity contribution is 0.0930. The van der Waals surface area contributed by atoms with E-state index >= 15 is 0 Å². The number of aromatic nitrogens is 2. The van der Waals surface area contributed by atoms with Crippen molar-refractivity contribution in [2.45, 2.75) is 6.54 Å². The fraction of sp³-hybridized carbons (Fsp3) is 0.125. The van der Waals surface area contributed by atoms with Crippen LogP contribution in [0.1, 0.15) is 10.5 Å². The number of benzene rings is 1. The molecule has 4 rings (SSSR count). The minimum absolute atomic E-state index is 0.0517. The fourth-order valence-corrected chi connectivity index (χ4v) is 3.02. The number of halogens is 1. The molecule has 0 atom stereocenters. The van der Waals surface area contributed by atoms with E-state index in [1.165, 1.54) is 0 Å². The highest BCUT2D eigenvalue weighted by molar-refractivity contribution is 6.30. The van der Waals surface area contributed by atoms with Crippen molar-refractivity contribution in [3.8, 4) is 11.1 Å². The third-order valence-electron chi connectivity index (χ3n) is 3.79. The molecule has 1 N–H and O–H groups in total. The van der Waals surface area contributed by atoms with Crippen LogP contribution in [-0.4, -0.2) is 22.0 Å². The first-order valence-corrected chi connectivity index (χ1v) is 7.15. The predicted molar refractivity (Wildman–Crippen MR) is 82.5 cm³/mol. The van der Waals surface area contributed by atoms with Crippen LogP contribution >= 0.6 is 11.6 Å². The first-order chi connectivity index (χ1) is 10.3. The van der Waals surface area contributed by atoms with Crippen LogP contribution in [0.2, 0.25) is 5.02 Å². The topological polar surface area (TPSA) is 46.9 Å². The van der Waals surface area contributed by atoms with E-state index in [-0.39, 0.29) is 5.91 Å². The van der Waals surface area contributed by atoms with E-state index in [9.17, 15) is 4.79 Å². The second kappa shape index (κ2) is 4.60. The quantitative estimate of drug-likeness (QED) is 0.750. The van der Waals surface area contributed by atoms with E-state index in [1.54, 1.807) is 6.20 Å². The summed E-state index contributed by atoms with van der Waals surface area (Å²) in [5, 5.41) is 3.58. The number of nitrogens with one attached hydrogen (secondary N) is 1. The lowest BCUT2D eigenvalue weighted by Crippen LogP contribution is -2.35. The molecule has 0 unspecified atom stereocenters. The smallest absolute Gasteiger partial charge is 0.268 e. The van der Waals surface area contributed by atoms with Gasteiger partial charge in [-0.05, 0) is 29.8 Å². The number of pyridine rings is 1. The Balaban J connectivity index is 2.10. The fourth-order valence-electron chi connectivity index (χ4n) is 2.90. The van der Waals surface area contributed by atoms with Gasteiger partial charge in [-0.3, -0.25) is 9.78 Å². The first-order valence-electron chi connectivity index (χ1n) is 6.77. The van der Waals surface area contributed by atoms with Crippen LogP contribution in [0, 0.1) is 0 Å². The minimum Gasteiger partial charge on any atom is -0.349 e. The normalized spacial score (nSPS) is 14.0. The van der Waals surface area contributed by atoms with Gasteiger partial charge in [0.1, 0.15) is 5.69 Å². The van der Waals surface area contributed by atoms with E-state index in [2.05, 4.69) is 10.3 Å². The van der Waals surface area contributed by atoms with E-state index in [4.69, 9.17) is 11.6 Å². The number of carbonyl (C=O) groups excluding carboxylic acids is 1. The average molecular weight is 298 g/mol. The van der Waals surface area contributed by atoms with Crippen LogP contribution < -0.4 is 5.32 Å². The van der Waals surface area contributed by atoms with Crippen molar-refractivity contribution in [3.05, 3.63) is 53.3 Å². The SMILES string of the molecule is O=C1NCCn2c1c(-c1ccc(Cl)cc1)c1ncccc12. The molecule has 0 aliphatic carbocycles. The summed E-state index contributed by atoms with van der Waals surface area (Å²) < 4.78 is 2.05. The maximum absolute atomic E-state index is 12.3. The summed E-state index contributed by atoms with van der Waals surface area (Å²) in [5.74, 6) is -0.0517. The predicted octanol–water partition coefficient (Wildman–Crippen LogP) is 3.10. The van der Waals surface area contributed by atoms with Gasteiger partial charge in [0.2, 0.25) is 0 Å². The van der Waals surface area contributed by atoms with Crippen molar-refractivity contribution in [3.63, 3.8) is 0 Å². The molecule has 1 aliphatic heterocycles. The molecular weight excluding hydrogens is 286 g/mol. The number of hydrogen-bond acceptors (Lipinski definition) is 2. The number of nitrogens with zero attached hydrogens (tertiary/aromatic N) is 2. The lowest BCUT2D eigenvalue weighted by Gasteiger charge is -2.17. The van der Waals surface area contributed by atoms with Gasteiger partial charge < -0.3 is 9.88 Å². The largest absolute Gasteiger partial charge is 0.349 e. The van der Waals surface area contributed by atoms with Crippen molar-refractivity contribution in [1.29, 1.82) is 0 Å². The van der Waals surface area contributed by atoms with Crippen LogP contribution in [0.25, 0.3) is 22.2 Å². The zero-order chi connectivity index (χ0) is 14.4. The number of amides is 1. The molecule has 3 heterocycles. The highest BCUT2D eigenvalue weighted by atomic mass is 35.5. The Morgan fingerprint density at radius 1 is 1.19 bits per heavy atom. The number of carbonyl (C=O) groups is 1. The molecule has 1 aromatic carbocycles. The van der Waals surface area contributed by atoms with E-state index in [0.29, 0.717) is 17.3 Å². The summed E-state index contributed by atoms with van der Waals surface area (Å²) in [6.07, 6.45) is 1.76. The van der Waals surface area contributed by atoms with Gasteiger partial charge in [0.15, 0.2) is 0 Å². The second-order valence-corrected chi connectivity index (χ2v) is 5.45. The summed E-state index contributed by atoms with van der Waals surface area (Å²) in [4.78, 5) is 16.8. The Hall–Kier alpha value is -2.33. The molecule has 5 heteroatoms. The number of hydrogen-bond donors (Lipinski definition) is 1. The molecule has 2 aromatic heterocycles. The zero-order valence-electron chi connectivity index (χ0n) is 11.1. The third kappa shape index (κ3) is 1.83. The molecule has 21 heavy (non-hydrogen) atoms. The highest BCUT2D eigenvalue weighted by Crippen LogP contribution is 2.35. The van der Waals surface area contributed by atoms with Gasteiger partial charge >= 0.3 is 0 Å². The molecule has 0 radical (unpaired) electrons. The Morgan fingerprint density at radius 3 is 2.81 bits per heavy atom. The Bertz CT molecular complexity index is 852. The summed E-state index contributed by atoms with van der Waals surface area (Å²) in [6, 6.07) is 11.4. The molecule has 0 bridgehead atoms. The first kappa shape index (κ1) is 12.4. The summed E-state index contributed by atoms with van der Waals surface area (Å²) in [7, 11) is 0. The van der Waals surface area contributed by atoms with Gasteiger partial charge in [-0.2, -0.15) is 0 Å². The second-order valence-electron chi connectivity index (χ2n) is 5.01. The van der Waals surface area contributed by atoms with Gasteiger partial charge in [0.25, 0.3) is 5.91 Å². The zero-order valence-corrected chi connectivity index (χ0v) is 11.9. The standard InChI is InChI=1S/C16H12ClN3O/c17-11-5-3-10(4-6-11)13-14-12(2-1-7-18-14)20-9-8-19-16(21)15(13)20/h1-7H,8-9H2,(H,19,21). The average Bonchev–Trinajstić information content (AvgIpc) is 2.84. The van der Waals surface area contributed by atoms with Gasteiger partial charge in [-0.25, -0.2) is 0 Å². The van der Waals surface area contributed by atoms with Crippen molar-refractivity contribution < 1.29 is 4.79 Å². The molecule has 104 valence electrons. The van der Waals surface area contributed by atoms with Crippen LogP contribution in [0.5, 0.6) is 0 Å². The van der Waals surface area contributed by atoms with Crippen LogP contribution in [0.4, 0.5) is 0 Å². The number of fused-ring (bicyclic) bond motifs is 3. The summed E-state index contributed by atoms with van der Waals surface area (Å²) in [5.41, 5.74) is 4.35. The van der Waals surface area contributed by atoms with Gasteiger partial charge in [-0.1, -0.05) is 23.7 Å². The Kier molecular flexibility index (Phi) is 2.72. The molecule has 4 nitrogen and oxygen atoms in total. The molecule has 0 saturated carbocycles. The van der Waals surface area contributed by atoms with Crippen LogP contribution in [0.15, 0.2) is 42.6 Å². The molecule has 1 amide bonds.